The van der Waals surface area contributed by atoms with Crippen molar-refractivity contribution in [2.45, 2.75) is 12.8 Å². The van der Waals surface area contributed by atoms with Crippen LogP contribution in [-0.4, -0.2) is 17.8 Å². The van der Waals surface area contributed by atoms with Crippen LogP contribution in [0.3, 0.4) is 0 Å². The van der Waals surface area contributed by atoms with E-state index in [0.717, 1.165) is 24.4 Å². The Morgan fingerprint density at radius 2 is 1.69 bits per heavy atom. The van der Waals surface area contributed by atoms with Crippen molar-refractivity contribution in [1.29, 1.82) is 0 Å². The zero-order chi connectivity index (χ0) is 18.2. The molecule has 0 saturated carbocycles. The van der Waals surface area contributed by atoms with Gasteiger partial charge in [0.1, 0.15) is 0 Å². The zero-order valence-electron chi connectivity index (χ0n) is 14.2. The van der Waals surface area contributed by atoms with Gasteiger partial charge in [-0.2, -0.15) is 0 Å². The maximum atomic E-state index is 11.5. The Labute approximate surface area is 153 Å². The predicted molar refractivity (Wildman–Crippen MR) is 97.6 cm³/mol. The van der Waals surface area contributed by atoms with Crippen molar-refractivity contribution in [1.82, 2.24) is 0 Å². The Kier molecular flexibility index (Phi) is 3.90. The van der Waals surface area contributed by atoms with E-state index in [9.17, 15) is 9.59 Å². The molecular weight excluding hydrogens is 364 g/mol. The second-order valence-corrected chi connectivity index (χ2v) is 13.2. The van der Waals surface area contributed by atoms with E-state index in [0.29, 0.717) is 25.8 Å². The molecule has 2 aliphatic carbocycles. The molecule has 4 nitrogen and oxygen atoms in total. The van der Waals surface area contributed by atoms with Gasteiger partial charge in [0.05, 0.1) is 0 Å². The summed E-state index contributed by atoms with van der Waals surface area (Å²) in [7, 11) is 0. The number of carbonyl (C=O) groups excluding carboxylic acids is 2. The van der Waals surface area contributed by atoms with E-state index in [1.807, 2.05) is 48.6 Å². The van der Waals surface area contributed by atoms with Crippen LogP contribution in [0.5, 0.6) is 0 Å². The first-order chi connectivity index (χ1) is 12.6. The molecule has 2 aliphatic rings. The van der Waals surface area contributed by atoms with Gasteiger partial charge in [0.2, 0.25) is 0 Å². The van der Waals surface area contributed by atoms with Crippen LogP contribution in [0.1, 0.15) is 17.5 Å². The van der Waals surface area contributed by atoms with E-state index in [1.165, 1.54) is 5.56 Å². The van der Waals surface area contributed by atoms with Crippen molar-refractivity contribution in [3.05, 3.63) is 75.7 Å². The molecule has 0 heterocycles. The fourth-order valence-electron chi connectivity index (χ4n) is 4.14. The Balaban J connectivity index is 2.02. The molecule has 26 heavy (non-hydrogen) atoms. The summed E-state index contributed by atoms with van der Waals surface area (Å²) in [5.41, 5.74) is 4.46. The molecule has 2 aromatic rings. The number of carbonyl (C=O) groups is 2. The first-order valence-electron chi connectivity index (χ1n) is 8.45. The summed E-state index contributed by atoms with van der Waals surface area (Å²) >= 11 is -5.00. The summed E-state index contributed by atoms with van der Waals surface area (Å²) in [4.78, 5) is 27.3. The van der Waals surface area contributed by atoms with E-state index in [1.54, 1.807) is 0 Å². The molecule has 0 unspecified atom stereocenters. The van der Waals surface area contributed by atoms with Crippen molar-refractivity contribution in [3.8, 4) is 11.1 Å². The van der Waals surface area contributed by atoms with Gasteiger partial charge in [0, 0.05) is 0 Å². The van der Waals surface area contributed by atoms with Crippen molar-refractivity contribution < 1.29 is 31.8 Å². The summed E-state index contributed by atoms with van der Waals surface area (Å²) in [6.45, 7) is 0.739. The molecule has 0 saturated heterocycles. The van der Waals surface area contributed by atoms with Crippen molar-refractivity contribution >= 4 is 21.6 Å². The molecule has 0 atom stereocenters. The summed E-state index contributed by atoms with van der Waals surface area (Å²) in [6, 6.07) is 14.0. The summed E-state index contributed by atoms with van der Waals surface area (Å²) in [6.07, 6.45) is 6.94. The number of allylic oxidation sites excluding steroid dienone is 4. The minimum atomic E-state index is -5.00. The van der Waals surface area contributed by atoms with E-state index in [-0.39, 0.29) is 0 Å². The predicted octanol–water partition coefficient (Wildman–Crippen LogP) is 3.02. The fraction of sp³-hybridized carbons (Fsp3) is 0.0952. The van der Waals surface area contributed by atoms with Crippen LogP contribution >= 0.6 is 0 Å². The average Bonchev–Trinajstić information content (AvgIpc) is 3.30. The Hall–Kier alpha value is -2.56. The minimum absolute atomic E-state index is 0.369. The molecule has 5 heteroatoms. The Morgan fingerprint density at radius 1 is 0.962 bits per heavy atom. The molecule has 4 rings (SSSR count). The van der Waals surface area contributed by atoms with Gasteiger partial charge >= 0.3 is 153 Å². The molecular formula is C21H18O4Ti. The number of hydrogen-bond donors (Lipinski definition) is 0. The van der Waals surface area contributed by atoms with Gasteiger partial charge in [-0.1, -0.05) is 0 Å². The van der Waals surface area contributed by atoms with Crippen LogP contribution in [0, 0.1) is 0 Å². The average molecular weight is 382 g/mol. The Morgan fingerprint density at radius 3 is 2.38 bits per heavy atom. The third-order valence-corrected chi connectivity index (χ3v) is 12.3. The number of benzene rings is 2. The van der Waals surface area contributed by atoms with Crippen molar-refractivity contribution in [2.24, 2.45) is 0 Å². The first-order valence-corrected chi connectivity index (χ1v) is 12.4. The third-order valence-electron chi connectivity index (χ3n) is 5.41. The van der Waals surface area contributed by atoms with Crippen LogP contribution in [0.4, 0.5) is 0 Å². The van der Waals surface area contributed by atoms with Crippen LogP contribution in [0.2, 0.25) is 0 Å². The second-order valence-electron chi connectivity index (χ2n) is 6.68. The SMILES string of the molecule is [CH2]=[Ti]([O]C=O)([O]C=O)([C]1=CC=CC1)[c]1cccc2c1Cc1ccccc1-2. The molecule has 0 aliphatic heterocycles. The molecule has 2 aromatic carbocycles. The van der Waals surface area contributed by atoms with Gasteiger partial charge in [-0.25, -0.2) is 0 Å². The normalized spacial score (nSPS) is 15.0. The second kappa shape index (κ2) is 6.01. The van der Waals surface area contributed by atoms with Gasteiger partial charge in [0.15, 0.2) is 0 Å². The van der Waals surface area contributed by atoms with Crippen LogP contribution < -0.4 is 3.87 Å². The molecule has 0 bridgehead atoms. The Bertz CT molecular complexity index is 1030. The molecule has 0 amide bonds. The maximum absolute atomic E-state index is 11.5. The summed E-state index contributed by atoms with van der Waals surface area (Å²) in [5, 5.41) is 0. The molecule has 0 spiro atoms. The monoisotopic (exact) mass is 382 g/mol. The van der Waals surface area contributed by atoms with Crippen LogP contribution in [0.25, 0.3) is 11.1 Å². The van der Waals surface area contributed by atoms with Crippen LogP contribution in [0.15, 0.2) is 64.6 Å². The zero-order valence-corrected chi connectivity index (χ0v) is 15.7. The number of rotatable bonds is 6. The summed E-state index contributed by atoms with van der Waals surface area (Å²) in [5.74, 6) is 0. The standard InChI is InChI=1S/C13H9.C5H5.2CH2O2.CH2.Ti/c1-3-7-12-10(5-1)9-11-6-2-4-8-13(11)12;1-2-4-5-3-1;2*2-1-3;;/h1-5,7-8H,9H2;1-3H,4H2;2*1H,(H,2,3);1H2;/q;;;;;+2/p-2. The van der Waals surface area contributed by atoms with E-state index < -0.39 is 15.6 Å². The van der Waals surface area contributed by atoms with E-state index >= 15 is 0 Å². The first kappa shape index (κ1) is 16.9. The van der Waals surface area contributed by atoms with Gasteiger partial charge in [-0.3, -0.25) is 0 Å². The van der Waals surface area contributed by atoms with Gasteiger partial charge in [0.25, 0.3) is 0 Å². The summed E-state index contributed by atoms with van der Waals surface area (Å²) < 4.78 is 12.9. The number of fused-ring (bicyclic) bond motifs is 3. The van der Waals surface area contributed by atoms with Gasteiger partial charge in [-0.15, -0.1) is 0 Å². The van der Waals surface area contributed by atoms with Crippen molar-refractivity contribution in [2.75, 3.05) is 0 Å². The molecule has 0 aromatic heterocycles. The topological polar surface area (TPSA) is 52.6 Å². The third kappa shape index (κ3) is 2.23. The fourth-order valence-corrected chi connectivity index (χ4v) is 9.75. The molecule has 130 valence electrons. The quantitative estimate of drug-likeness (QED) is 0.486. The van der Waals surface area contributed by atoms with E-state index in [4.69, 9.17) is 6.64 Å². The molecule has 0 radical (unpaired) electrons. The van der Waals surface area contributed by atoms with E-state index in [2.05, 4.69) is 16.9 Å². The van der Waals surface area contributed by atoms with Crippen molar-refractivity contribution in [3.63, 3.8) is 0 Å². The molecule has 0 N–H and O–H groups in total. The van der Waals surface area contributed by atoms with Crippen LogP contribution in [-0.2, 0) is 38.3 Å². The van der Waals surface area contributed by atoms with Gasteiger partial charge < -0.3 is 0 Å². The molecule has 0 fully saturated rings. The number of hydrogen-bond acceptors (Lipinski definition) is 4. The van der Waals surface area contributed by atoms with Gasteiger partial charge in [-0.05, 0) is 0 Å².